The molecule has 0 saturated carbocycles. The Morgan fingerprint density at radius 3 is 2.60 bits per heavy atom. The third kappa shape index (κ3) is 6.00. The van der Waals surface area contributed by atoms with Crippen LogP contribution in [0, 0.1) is 0 Å². The van der Waals surface area contributed by atoms with E-state index < -0.39 is 12.2 Å². The van der Waals surface area contributed by atoms with Gasteiger partial charge in [-0.1, -0.05) is 6.07 Å². The number of amides is 2. The van der Waals surface area contributed by atoms with Crippen LogP contribution in [-0.4, -0.2) is 96.2 Å². The van der Waals surface area contributed by atoms with E-state index in [1.807, 2.05) is 30.3 Å². The Morgan fingerprint density at radius 2 is 1.77 bits per heavy atom. The highest BCUT2D eigenvalue weighted by Gasteiger charge is 2.42. The molecule has 3 fully saturated rings. The SMILES string of the molecule is O=C1N[C@H]2C[C@@H](C(=O)NC[C@H]3O[C@H](CCOc4cc(-c5ccncc5)ccc41)CC[C@@H]3O)N(C1CCOCC1)C2. The van der Waals surface area contributed by atoms with Crippen LogP contribution in [0.3, 0.4) is 0 Å². The van der Waals surface area contributed by atoms with Crippen LogP contribution in [-0.2, 0) is 14.3 Å². The summed E-state index contributed by atoms with van der Waals surface area (Å²) < 4.78 is 18.0. The summed E-state index contributed by atoms with van der Waals surface area (Å²) in [6.07, 6.45) is 6.43. The Labute approximate surface area is 234 Å². The second-order valence-corrected chi connectivity index (χ2v) is 11.2. The Balaban J connectivity index is 1.29. The van der Waals surface area contributed by atoms with Crippen molar-refractivity contribution in [3.63, 3.8) is 0 Å². The number of benzene rings is 1. The van der Waals surface area contributed by atoms with Gasteiger partial charge in [0.2, 0.25) is 5.91 Å². The van der Waals surface area contributed by atoms with Crippen LogP contribution in [0.4, 0.5) is 0 Å². The smallest absolute Gasteiger partial charge is 0.255 e. The van der Waals surface area contributed by atoms with Crippen LogP contribution in [0.1, 0.15) is 48.9 Å². The Bertz CT molecular complexity index is 1190. The van der Waals surface area contributed by atoms with E-state index in [0.717, 1.165) is 24.0 Å². The zero-order valence-corrected chi connectivity index (χ0v) is 22.7. The molecule has 4 bridgehead atoms. The second-order valence-electron chi connectivity index (χ2n) is 11.2. The fourth-order valence-electron chi connectivity index (χ4n) is 6.42. The van der Waals surface area contributed by atoms with Gasteiger partial charge in [0.1, 0.15) is 11.9 Å². The first kappa shape index (κ1) is 27.1. The number of nitrogens with one attached hydrogen (secondary N) is 2. The highest BCUT2D eigenvalue weighted by Crippen LogP contribution is 2.31. The number of likely N-dealkylation sites (tertiary alicyclic amines) is 1. The van der Waals surface area contributed by atoms with Crippen molar-refractivity contribution in [2.24, 2.45) is 0 Å². The number of hydrogen-bond donors (Lipinski definition) is 3. The summed E-state index contributed by atoms with van der Waals surface area (Å²) in [5, 5.41) is 16.8. The lowest BCUT2D eigenvalue weighted by Gasteiger charge is -2.36. The molecule has 0 aliphatic carbocycles. The van der Waals surface area contributed by atoms with Crippen LogP contribution in [0.5, 0.6) is 5.75 Å². The molecule has 4 aliphatic heterocycles. The summed E-state index contributed by atoms with van der Waals surface area (Å²) in [6, 6.07) is 9.14. The van der Waals surface area contributed by atoms with Crippen molar-refractivity contribution in [2.45, 2.75) is 75.0 Å². The topological polar surface area (TPSA) is 122 Å². The molecule has 4 aliphatic rings. The molecule has 2 aromatic rings. The molecular weight excluding hydrogens is 512 g/mol. The highest BCUT2D eigenvalue weighted by molar-refractivity contribution is 5.98. The molecule has 10 nitrogen and oxygen atoms in total. The van der Waals surface area contributed by atoms with E-state index in [1.54, 1.807) is 12.4 Å². The molecule has 0 spiro atoms. The fraction of sp³-hybridized carbons (Fsp3) is 0.567. The predicted molar refractivity (Wildman–Crippen MR) is 147 cm³/mol. The number of aliphatic hydroxyl groups is 1. The first-order valence-corrected chi connectivity index (χ1v) is 14.5. The molecule has 3 N–H and O–H groups in total. The van der Waals surface area contributed by atoms with E-state index in [2.05, 4.69) is 20.5 Å². The third-order valence-electron chi connectivity index (χ3n) is 8.63. The molecule has 40 heavy (non-hydrogen) atoms. The number of carbonyl (C=O) groups excluding carboxylic acids is 2. The number of nitrogens with zero attached hydrogens (tertiary/aromatic N) is 2. The molecule has 0 unspecified atom stereocenters. The Morgan fingerprint density at radius 1 is 0.950 bits per heavy atom. The standard InChI is InChI=1S/C30H38N4O6/c35-26-4-2-23-9-14-39-27-15-20(19-5-10-31-11-6-19)1-3-24(27)29(36)33-21-16-25(30(37)32-17-28(26)40-23)34(18-21)22-7-12-38-13-8-22/h1,3,5-6,10-11,15,21-23,25-26,28,35H,2,4,7-9,12-14,16-18H2,(H,32,37)(H,33,36)/t21-,23-,25-,26-,28+/m0/s1. The summed E-state index contributed by atoms with van der Waals surface area (Å²) in [4.78, 5) is 33.4. The lowest BCUT2D eigenvalue weighted by atomic mass is 9.99. The van der Waals surface area contributed by atoms with Crippen LogP contribution in [0.25, 0.3) is 11.1 Å². The maximum atomic E-state index is 13.6. The first-order chi connectivity index (χ1) is 19.5. The van der Waals surface area contributed by atoms with E-state index in [9.17, 15) is 14.7 Å². The van der Waals surface area contributed by atoms with Crippen molar-refractivity contribution < 1.29 is 28.9 Å². The third-order valence-corrected chi connectivity index (χ3v) is 8.63. The Hall–Kier alpha value is -3.05. The largest absolute Gasteiger partial charge is 0.493 e. The van der Waals surface area contributed by atoms with Gasteiger partial charge in [-0.2, -0.15) is 0 Å². The molecule has 5 heterocycles. The molecule has 2 amide bonds. The van der Waals surface area contributed by atoms with Crippen molar-refractivity contribution in [1.29, 1.82) is 0 Å². The van der Waals surface area contributed by atoms with Gasteiger partial charge in [-0.25, -0.2) is 0 Å². The van der Waals surface area contributed by atoms with Gasteiger partial charge >= 0.3 is 0 Å². The molecule has 6 rings (SSSR count). The van der Waals surface area contributed by atoms with Crippen LogP contribution in [0.2, 0.25) is 0 Å². The summed E-state index contributed by atoms with van der Waals surface area (Å²) in [6.45, 7) is 2.54. The van der Waals surface area contributed by atoms with E-state index in [-0.39, 0.29) is 42.6 Å². The van der Waals surface area contributed by atoms with Crippen molar-refractivity contribution in [2.75, 3.05) is 32.9 Å². The number of hydrogen-bond acceptors (Lipinski definition) is 8. The fourth-order valence-corrected chi connectivity index (χ4v) is 6.42. The number of aromatic nitrogens is 1. The molecule has 1 aromatic heterocycles. The molecule has 1 aromatic carbocycles. The van der Waals surface area contributed by atoms with E-state index in [1.165, 1.54) is 0 Å². The molecule has 214 valence electrons. The maximum Gasteiger partial charge on any atom is 0.255 e. The van der Waals surface area contributed by atoms with Gasteiger partial charge in [0.05, 0.1) is 30.4 Å². The normalized spacial score (nSPS) is 30.6. The van der Waals surface area contributed by atoms with Crippen molar-refractivity contribution in [1.82, 2.24) is 20.5 Å². The second kappa shape index (κ2) is 12.2. The minimum Gasteiger partial charge on any atom is -0.493 e. The summed E-state index contributed by atoms with van der Waals surface area (Å²) in [5.74, 6) is 0.220. The minimum atomic E-state index is -0.623. The van der Waals surface area contributed by atoms with Gasteiger partial charge < -0.3 is 30.0 Å². The summed E-state index contributed by atoms with van der Waals surface area (Å²) >= 11 is 0. The summed E-state index contributed by atoms with van der Waals surface area (Å²) in [7, 11) is 0. The molecule has 0 radical (unpaired) electrons. The van der Waals surface area contributed by atoms with Crippen LogP contribution < -0.4 is 15.4 Å². The maximum absolute atomic E-state index is 13.6. The number of aliphatic hydroxyl groups excluding tert-OH is 1. The minimum absolute atomic E-state index is 0.0843. The van der Waals surface area contributed by atoms with Crippen molar-refractivity contribution in [3.8, 4) is 16.9 Å². The number of rotatable bonds is 2. The summed E-state index contributed by atoms with van der Waals surface area (Å²) in [5.41, 5.74) is 2.38. The zero-order valence-electron chi connectivity index (χ0n) is 22.7. The first-order valence-electron chi connectivity index (χ1n) is 14.5. The number of pyridine rings is 1. The van der Waals surface area contributed by atoms with Crippen molar-refractivity contribution in [3.05, 3.63) is 48.3 Å². The van der Waals surface area contributed by atoms with Crippen LogP contribution in [0.15, 0.2) is 42.7 Å². The molecule has 10 heteroatoms. The average molecular weight is 551 g/mol. The average Bonchev–Trinajstić information content (AvgIpc) is 3.41. The Kier molecular flexibility index (Phi) is 8.29. The quantitative estimate of drug-likeness (QED) is 0.519. The van der Waals surface area contributed by atoms with E-state index in [0.29, 0.717) is 63.4 Å². The molecule has 3 saturated heterocycles. The highest BCUT2D eigenvalue weighted by atomic mass is 16.5. The number of ether oxygens (including phenoxy) is 3. The van der Waals surface area contributed by atoms with E-state index in [4.69, 9.17) is 14.2 Å². The van der Waals surface area contributed by atoms with Gasteiger partial charge in [0, 0.05) is 57.2 Å². The van der Waals surface area contributed by atoms with Gasteiger partial charge in [0.25, 0.3) is 5.91 Å². The van der Waals surface area contributed by atoms with Gasteiger partial charge in [-0.15, -0.1) is 0 Å². The predicted octanol–water partition coefficient (Wildman–Crippen LogP) is 1.91. The molecular formula is C30H38N4O6. The van der Waals surface area contributed by atoms with Gasteiger partial charge in [-0.05, 0) is 67.5 Å². The van der Waals surface area contributed by atoms with E-state index >= 15 is 0 Å². The van der Waals surface area contributed by atoms with Crippen molar-refractivity contribution >= 4 is 11.8 Å². The van der Waals surface area contributed by atoms with Gasteiger partial charge in [-0.3, -0.25) is 19.5 Å². The zero-order chi connectivity index (χ0) is 27.5. The monoisotopic (exact) mass is 550 g/mol. The van der Waals surface area contributed by atoms with Crippen LogP contribution >= 0.6 is 0 Å². The lowest BCUT2D eigenvalue weighted by molar-refractivity contribution is -0.134. The number of carbonyl (C=O) groups is 2. The molecule has 5 atom stereocenters. The number of fused-ring (bicyclic) bond motifs is 5. The lowest BCUT2D eigenvalue weighted by Crippen LogP contribution is -2.52. The van der Waals surface area contributed by atoms with Gasteiger partial charge in [0.15, 0.2) is 0 Å².